The van der Waals surface area contributed by atoms with E-state index in [4.69, 9.17) is 0 Å². The quantitative estimate of drug-likeness (QED) is 0.810. The first kappa shape index (κ1) is 14.8. The highest BCUT2D eigenvalue weighted by Gasteiger charge is 2.17. The van der Waals surface area contributed by atoms with E-state index in [-0.39, 0.29) is 0 Å². The monoisotopic (exact) mass is 357 g/mol. The van der Waals surface area contributed by atoms with Crippen molar-refractivity contribution in [2.24, 2.45) is 0 Å². The number of hydrogen-bond acceptors (Lipinski definition) is 5. The first-order valence-electron chi connectivity index (χ1n) is 7.31. The summed E-state index contributed by atoms with van der Waals surface area (Å²) in [6.45, 7) is 0. The molecule has 2 aliphatic rings. The molecular weight excluding hydrogens is 342 g/mol. The number of dihydropyridines is 1. The summed E-state index contributed by atoms with van der Waals surface area (Å²) in [4.78, 5) is 8.76. The van der Waals surface area contributed by atoms with E-state index in [1.54, 1.807) is 18.5 Å². The molecule has 112 valence electrons. The summed E-state index contributed by atoms with van der Waals surface area (Å²) in [6.07, 6.45) is 12.0. The third-order valence-corrected chi connectivity index (χ3v) is 4.25. The van der Waals surface area contributed by atoms with E-state index in [0.717, 1.165) is 23.0 Å². The maximum absolute atomic E-state index is 9.48. The Bertz CT molecular complexity index is 693. The lowest BCUT2D eigenvalue weighted by Crippen LogP contribution is -2.17. The second kappa shape index (κ2) is 6.75. The lowest BCUT2D eigenvalue weighted by atomic mass is 10.1. The van der Waals surface area contributed by atoms with Crippen LogP contribution >= 0.6 is 15.9 Å². The lowest BCUT2D eigenvalue weighted by molar-refractivity contribution is 0.743. The number of aromatic nitrogens is 2. The first-order chi connectivity index (χ1) is 10.8. The molecule has 1 aromatic heterocycles. The highest BCUT2D eigenvalue weighted by atomic mass is 79.9. The van der Waals surface area contributed by atoms with Gasteiger partial charge in [0.05, 0.1) is 11.4 Å². The van der Waals surface area contributed by atoms with Crippen LogP contribution in [0.4, 0.5) is 5.95 Å². The van der Waals surface area contributed by atoms with Crippen LogP contribution in [-0.2, 0) is 0 Å². The van der Waals surface area contributed by atoms with E-state index in [1.807, 2.05) is 12.2 Å². The predicted octanol–water partition coefficient (Wildman–Crippen LogP) is 3.46. The van der Waals surface area contributed by atoms with Crippen molar-refractivity contribution in [2.45, 2.75) is 31.7 Å². The molecule has 0 spiro atoms. The van der Waals surface area contributed by atoms with Crippen LogP contribution in [0.15, 0.2) is 40.8 Å². The van der Waals surface area contributed by atoms with Crippen molar-refractivity contribution in [1.82, 2.24) is 15.3 Å². The number of anilines is 1. The molecule has 1 aliphatic carbocycles. The topological polar surface area (TPSA) is 73.6 Å². The third kappa shape index (κ3) is 3.37. The Balaban J connectivity index is 1.85. The smallest absolute Gasteiger partial charge is 0.223 e. The highest BCUT2D eigenvalue weighted by Crippen LogP contribution is 2.23. The van der Waals surface area contributed by atoms with Gasteiger partial charge in [0, 0.05) is 22.9 Å². The maximum Gasteiger partial charge on any atom is 0.223 e. The van der Waals surface area contributed by atoms with Gasteiger partial charge in [0.25, 0.3) is 0 Å². The summed E-state index contributed by atoms with van der Waals surface area (Å²) in [7, 11) is 0. The summed E-state index contributed by atoms with van der Waals surface area (Å²) in [5.74, 6) is 0.592. The van der Waals surface area contributed by atoms with E-state index in [2.05, 4.69) is 42.6 Å². The standard InChI is InChI=1S/C16H16BrN5/c17-11-5-6-14(20-10-11)13(9-18)15-7-8-19-16(22-15)21-12-3-1-2-4-12/h5-8,10,12,20H,1-4H2,(H,19,21,22). The van der Waals surface area contributed by atoms with E-state index in [0.29, 0.717) is 23.3 Å². The van der Waals surface area contributed by atoms with Crippen molar-refractivity contribution >= 4 is 27.5 Å². The molecule has 0 amide bonds. The Morgan fingerprint density at radius 2 is 2.18 bits per heavy atom. The van der Waals surface area contributed by atoms with Crippen LogP contribution in [0.25, 0.3) is 5.57 Å². The Kier molecular flexibility index (Phi) is 4.54. The van der Waals surface area contributed by atoms with Gasteiger partial charge in [-0.05, 0) is 47.0 Å². The van der Waals surface area contributed by atoms with Crippen LogP contribution < -0.4 is 10.6 Å². The molecule has 3 rings (SSSR count). The van der Waals surface area contributed by atoms with Crippen molar-refractivity contribution in [3.05, 3.63) is 46.5 Å². The molecule has 2 N–H and O–H groups in total. The van der Waals surface area contributed by atoms with Crippen molar-refractivity contribution in [1.29, 1.82) is 5.26 Å². The largest absolute Gasteiger partial charge is 0.359 e. The zero-order valence-electron chi connectivity index (χ0n) is 12.0. The average molecular weight is 358 g/mol. The minimum Gasteiger partial charge on any atom is -0.359 e. The molecular formula is C16H16BrN5. The molecule has 5 nitrogen and oxygen atoms in total. The molecule has 1 fully saturated rings. The first-order valence-corrected chi connectivity index (χ1v) is 8.10. The van der Waals surface area contributed by atoms with Crippen molar-refractivity contribution < 1.29 is 0 Å². The fourth-order valence-corrected chi connectivity index (χ4v) is 2.88. The number of halogens is 1. The Hall–Kier alpha value is -2.13. The van der Waals surface area contributed by atoms with Crippen LogP contribution in [0, 0.1) is 11.3 Å². The molecule has 1 saturated carbocycles. The zero-order valence-corrected chi connectivity index (χ0v) is 13.6. The molecule has 22 heavy (non-hydrogen) atoms. The minimum atomic E-state index is 0.444. The third-order valence-electron chi connectivity index (χ3n) is 3.76. The Labute approximate surface area is 138 Å². The summed E-state index contributed by atoms with van der Waals surface area (Å²) in [5, 5.41) is 15.9. The van der Waals surface area contributed by atoms with Gasteiger partial charge in [-0.1, -0.05) is 12.8 Å². The molecule has 0 radical (unpaired) electrons. The van der Waals surface area contributed by atoms with Gasteiger partial charge in [-0.15, -0.1) is 0 Å². The van der Waals surface area contributed by atoms with Gasteiger partial charge in [-0.25, -0.2) is 9.97 Å². The fraction of sp³-hybridized carbons (Fsp3) is 0.312. The molecule has 0 atom stereocenters. The minimum absolute atomic E-state index is 0.444. The van der Waals surface area contributed by atoms with Crippen molar-refractivity contribution in [3.8, 4) is 6.07 Å². The summed E-state index contributed by atoms with van der Waals surface area (Å²) in [5.41, 5.74) is 1.86. The van der Waals surface area contributed by atoms with Crippen LogP contribution in [0.1, 0.15) is 31.4 Å². The van der Waals surface area contributed by atoms with E-state index < -0.39 is 0 Å². The number of nitrogens with one attached hydrogen (secondary N) is 2. The number of nitrogens with zero attached hydrogens (tertiary/aromatic N) is 3. The molecule has 1 aliphatic heterocycles. The molecule has 1 aromatic rings. The second-order valence-electron chi connectivity index (χ2n) is 5.30. The molecule has 6 heteroatoms. The maximum atomic E-state index is 9.48. The Morgan fingerprint density at radius 3 is 2.86 bits per heavy atom. The summed E-state index contributed by atoms with van der Waals surface area (Å²) < 4.78 is 0.930. The van der Waals surface area contributed by atoms with Gasteiger partial charge in [-0.3, -0.25) is 0 Å². The number of allylic oxidation sites excluding steroid dienone is 4. The van der Waals surface area contributed by atoms with Gasteiger partial charge < -0.3 is 10.6 Å². The van der Waals surface area contributed by atoms with Crippen molar-refractivity contribution in [3.63, 3.8) is 0 Å². The van der Waals surface area contributed by atoms with Gasteiger partial charge in [0.15, 0.2) is 0 Å². The SMILES string of the molecule is N#CC(=C1C=CC(Br)=CN1)c1ccnc(NC2CCCC2)n1. The van der Waals surface area contributed by atoms with E-state index in [9.17, 15) is 5.26 Å². The molecule has 0 bridgehead atoms. The normalized spacial score (nSPS) is 20.1. The van der Waals surface area contributed by atoms with Crippen LogP contribution in [0.5, 0.6) is 0 Å². The zero-order chi connectivity index (χ0) is 15.4. The van der Waals surface area contributed by atoms with Gasteiger partial charge in [0.1, 0.15) is 11.6 Å². The Morgan fingerprint density at radius 1 is 1.36 bits per heavy atom. The van der Waals surface area contributed by atoms with Crippen LogP contribution in [-0.4, -0.2) is 16.0 Å². The molecule has 0 aromatic carbocycles. The summed E-state index contributed by atoms with van der Waals surface area (Å²) in [6, 6.07) is 4.43. The van der Waals surface area contributed by atoms with Gasteiger partial charge in [-0.2, -0.15) is 5.26 Å². The highest BCUT2D eigenvalue weighted by molar-refractivity contribution is 9.11. The van der Waals surface area contributed by atoms with Crippen LogP contribution in [0.2, 0.25) is 0 Å². The number of hydrogen-bond donors (Lipinski definition) is 2. The van der Waals surface area contributed by atoms with Crippen LogP contribution in [0.3, 0.4) is 0 Å². The summed E-state index contributed by atoms with van der Waals surface area (Å²) >= 11 is 3.37. The number of nitriles is 1. The second-order valence-corrected chi connectivity index (χ2v) is 6.21. The lowest BCUT2D eigenvalue weighted by Gasteiger charge is -2.13. The fourth-order valence-electron chi connectivity index (χ4n) is 2.64. The number of rotatable bonds is 3. The molecule has 0 unspecified atom stereocenters. The van der Waals surface area contributed by atoms with Gasteiger partial charge >= 0.3 is 0 Å². The molecule has 0 saturated heterocycles. The van der Waals surface area contributed by atoms with Crippen molar-refractivity contribution in [2.75, 3.05) is 5.32 Å². The van der Waals surface area contributed by atoms with Gasteiger partial charge in [0.2, 0.25) is 5.95 Å². The van der Waals surface area contributed by atoms with E-state index in [1.165, 1.54) is 12.8 Å². The predicted molar refractivity (Wildman–Crippen MR) is 89.7 cm³/mol. The van der Waals surface area contributed by atoms with E-state index >= 15 is 0 Å². The molecule has 2 heterocycles. The average Bonchev–Trinajstić information content (AvgIpc) is 3.03.